The Hall–Kier alpha value is -1.08. The number of hydrogen-bond acceptors (Lipinski definition) is 27. The second-order valence-electron chi connectivity index (χ2n) is 16.7. The lowest BCUT2D eigenvalue weighted by Gasteiger charge is -2.49. The molecule has 6 heterocycles. The molecule has 1 unspecified atom stereocenters. The molecule has 6 fully saturated rings. The van der Waals surface area contributed by atoms with Gasteiger partial charge in [0.1, 0.15) is 122 Å². The zero-order valence-corrected chi connectivity index (χ0v) is 34.4. The molecule has 63 heavy (non-hydrogen) atoms. The van der Waals surface area contributed by atoms with E-state index in [9.17, 15) is 81.7 Å². The average molecular weight is 927 g/mol. The Kier molecular flexibility index (Phi) is 17.2. The molecule has 0 saturated carbocycles. The van der Waals surface area contributed by atoms with E-state index in [0.29, 0.717) is 0 Å². The quantitative estimate of drug-likeness (QED) is 0.0864. The predicted octanol–water partition coefficient (Wildman–Crippen LogP) is -9.99. The molecular weight excluding hydrogens is 864 g/mol. The number of aliphatic hydroxyl groups is 16. The van der Waals surface area contributed by atoms with Crippen LogP contribution in [0.5, 0.6) is 0 Å². The molecule has 27 heteroatoms. The molecule has 0 aromatic rings. The molecule has 6 aliphatic rings. The molecule has 0 aliphatic carbocycles. The van der Waals surface area contributed by atoms with Gasteiger partial charge < -0.3 is 134 Å². The SMILES string of the molecule is C[C@@H]1O[C@@H](OC[C@H]2OC(O)[C@H](O[C@@H]3O[C@H](CO)[C@@H](O)[C@H](O)[C@H]3O[C@@H]3O[C@@H](C)[C@H](O[C@@H]4O[C@H](C)[C@@H](O)[C@H](O[C@@H]5O[C@@H](C)[C@H](O)[C@@H](O)[C@H]5O)[C@H]4O)[C@@H](O)[C@H]3O)[C@@H](O)[C@@H]2O)[C@H](O)[C@H](O)[C@H]1O. The highest BCUT2D eigenvalue weighted by molar-refractivity contribution is 4.98. The highest BCUT2D eigenvalue weighted by Gasteiger charge is 2.56. The van der Waals surface area contributed by atoms with Crippen LogP contribution in [-0.4, -0.2) is 279 Å². The maximum atomic E-state index is 11.3. The van der Waals surface area contributed by atoms with Gasteiger partial charge in [-0.3, -0.25) is 0 Å². The monoisotopic (exact) mass is 926 g/mol. The second kappa shape index (κ2) is 21.1. The van der Waals surface area contributed by atoms with E-state index in [1.54, 1.807) is 0 Å². The molecule has 30 atom stereocenters. The van der Waals surface area contributed by atoms with Crippen LogP contribution in [0, 0.1) is 0 Å². The summed E-state index contributed by atoms with van der Waals surface area (Å²) < 4.78 is 61.6. The number of rotatable bonds is 12. The highest BCUT2D eigenvalue weighted by atomic mass is 16.8. The molecule has 6 saturated heterocycles. The first-order valence-electron chi connectivity index (χ1n) is 20.6. The second-order valence-corrected chi connectivity index (χ2v) is 16.7. The fourth-order valence-electron chi connectivity index (χ4n) is 8.18. The number of ether oxygens (including phenoxy) is 11. The third-order valence-corrected chi connectivity index (χ3v) is 12.3. The third-order valence-electron chi connectivity index (χ3n) is 12.3. The lowest BCUT2D eigenvalue weighted by Crippen LogP contribution is -2.67. The van der Waals surface area contributed by atoms with Crippen molar-refractivity contribution in [2.24, 2.45) is 0 Å². The normalized spacial score (nSPS) is 56.0. The van der Waals surface area contributed by atoms with E-state index in [1.165, 1.54) is 27.7 Å². The molecule has 16 N–H and O–H groups in total. The predicted molar refractivity (Wildman–Crippen MR) is 194 cm³/mol. The molecule has 0 amide bonds. The molecule has 0 spiro atoms. The van der Waals surface area contributed by atoms with Crippen LogP contribution in [0.4, 0.5) is 0 Å². The van der Waals surface area contributed by atoms with Gasteiger partial charge in [0.25, 0.3) is 0 Å². The van der Waals surface area contributed by atoms with Crippen LogP contribution in [0.25, 0.3) is 0 Å². The van der Waals surface area contributed by atoms with Gasteiger partial charge >= 0.3 is 0 Å². The first-order valence-corrected chi connectivity index (χ1v) is 20.6. The van der Waals surface area contributed by atoms with E-state index in [-0.39, 0.29) is 0 Å². The minimum atomic E-state index is -2.09. The first kappa shape index (κ1) is 51.3. The van der Waals surface area contributed by atoms with Crippen LogP contribution >= 0.6 is 0 Å². The van der Waals surface area contributed by atoms with Crippen LogP contribution in [0.3, 0.4) is 0 Å². The van der Waals surface area contributed by atoms with E-state index < -0.39 is 197 Å². The van der Waals surface area contributed by atoms with Crippen LogP contribution in [0.2, 0.25) is 0 Å². The molecule has 0 radical (unpaired) electrons. The van der Waals surface area contributed by atoms with Crippen molar-refractivity contribution in [3.05, 3.63) is 0 Å². The van der Waals surface area contributed by atoms with E-state index in [4.69, 9.17) is 52.1 Å². The van der Waals surface area contributed by atoms with Gasteiger partial charge in [0.15, 0.2) is 37.7 Å². The lowest BCUT2D eigenvalue weighted by atomic mass is 9.96. The van der Waals surface area contributed by atoms with E-state index >= 15 is 0 Å². The zero-order valence-electron chi connectivity index (χ0n) is 34.4. The maximum Gasteiger partial charge on any atom is 0.187 e. The minimum Gasteiger partial charge on any atom is -0.394 e. The Morgan fingerprint density at radius 1 is 0.317 bits per heavy atom. The molecule has 368 valence electrons. The van der Waals surface area contributed by atoms with Gasteiger partial charge in [-0.25, -0.2) is 0 Å². The smallest absolute Gasteiger partial charge is 0.187 e. The fraction of sp³-hybridized carbons (Fsp3) is 1.00. The van der Waals surface area contributed by atoms with Gasteiger partial charge in [-0.2, -0.15) is 0 Å². The Bertz CT molecular complexity index is 1440. The van der Waals surface area contributed by atoms with Gasteiger partial charge in [-0.05, 0) is 27.7 Å². The van der Waals surface area contributed by atoms with Crippen molar-refractivity contribution >= 4 is 0 Å². The van der Waals surface area contributed by atoms with E-state index in [2.05, 4.69) is 0 Å². The van der Waals surface area contributed by atoms with Gasteiger partial charge in [0.05, 0.1) is 37.6 Å². The van der Waals surface area contributed by atoms with Crippen LogP contribution in [0.1, 0.15) is 27.7 Å². The number of aliphatic hydroxyl groups excluding tert-OH is 16. The molecule has 6 aliphatic heterocycles. The van der Waals surface area contributed by atoms with Gasteiger partial charge in [-0.15, -0.1) is 0 Å². The Morgan fingerprint density at radius 3 is 1.32 bits per heavy atom. The number of hydrogen-bond donors (Lipinski definition) is 16. The summed E-state index contributed by atoms with van der Waals surface area (Å²) in [5, 5.41) is 170. The lowest BCUT2D eigenvalue weighted by molar-refractivity contribution is -0.399. The summed E-state index contributed by atoms with van der Waals surface area (Å²) in [5.41, 5.74) is 0. The average Bonchev–Trinajstić information content (AvgIpc) is 3.25. The van der Waals surface area contributed by atoms with Crippen molar-refractivity contribution in [3.63, 3.8) is 0 Å². The molecule has 27 nitrogen and oxygen atoms in total. The topological polar surface area (TPSA) is 425 Å². The van der Waals surface area contributed by atoms with Crippen LogP contribution in [0.15, 0.2) is 0 Å². The maximum absolute atomic E-state index is 11.3. The van der Waals surface area contributed by atoms with Gasteiger partial charge in [-0.1, -0.05) is 0 Å². The van der Waals surface area contributed by atoms with Crippen molar-refractivity contribution in [1.82, 2.24) is 0 Å². The van der Waals surface area contributed by atoms with Crippen LogP contribution < -0.4 is 0 Å². The Morgan fingerprint density at radius 2 is 0.730 bits per heavy atom. The summed E-state index contributed by atoms with van der Waals surface area (Å²) in [6, 6.07) is 0. The molecule has 6 rings (SSSR count). The summed E-state index contributed by atoms with van der Waals surface area (Å²) in [4.78, 5) is 0. The van der Waals surface area contributed by atoms with E-state index in [1.807, 2.05) is 0 Å². The Balaban J connectivity index is 1.10. The largest absolute Gasteiger partial charge is 0.394 e. The third kappa shape index (κ3) is 10.5. The van der Waals surface area contributed by atoms with Crippen molar-refractivity contribution in [2.75, 3.05) is 13.2 Å². The van der Waals surface area contributed by atoms with E-state index in [0.717, 1.165) is 0 Å². The summed E-state index contributed by atoms with van der Waals surface area (Å²) in [7, 11) is 0. The highest BCUT2D eigenvalue weighted by Crippen LogP contribution is 2.36. The van der Waals surface area contributed by atoms with Crippen molar-refractivity contribution in [1.29, 1.82) is 0 Å². The molecular formula is C36H62O27. The van der Waals surface area contributed by atoms with Crippen molar-refractivity contribution in [3.8, 4) is 0 Å². The zero-order chi connectivity index (χ0) is 46.5. The molecule has 0 aromatic heterocycles. The summed E-state index contributed by atoms with van der Waals surface area (Å²) >= 11 is 0. The summed E-state index contributed by atoms with van der Waals surface area (Å²) in [6.45, 7) is 3.99. The van der Waals surface area contributed by atoms with Crippen molar-refractivity contribution < 1.29 is 134 Å². The fourth-order valence-corrected chi connectivity index (χ4v) is 8.18. The van der Waals surface area contributed by atoms with Crippen molar-refractivity contribution in [2.45, 2.75) is 212 Å². The van der Waals surface area contributed by atoms with Gasteiger partial charge in [0.2, 0.25) is 0 Å². The van der Waals surface area contributed by atoms with Gasteiger partial charge in [0, 0.05) is 0 Å². The minimum absolute atomic E-state index is 0.637. The first-order chi connectivity index (χ1) is 29.6. The standard InChI is InChI=1S/C36H62O27/c1-7-13(38)18(43)23(48)32(54-7)53-6-12-17(42)20(45)29(31(52)58-12)62-36-30(21(46)16(41)11(5-37)59-36)63-34-25(50)22(47)27(10(4)57-34)60-35-26(51)28(15(40)9(3)56-35)61-33-24(49)19(44)14(39)8(2)55-33/h7-52H,5-6H2,1-4H3/t7-,8-,9+,10-,11+,12+,13-,14-,15+,16+,17+,18+,19+,20-,21-,22-,23+,24+,25+,26+,27-,28-,29+,30+,31?,32+,33-,34-,35-,36-/m0/s1. The molecule has 0 bridgehead atoms. The Labute approximate surface area is 358 Å². The molecule has 0 aromatic carbocycles. The van der Waals surface area contributed by atoms with Crippen LogP contribution in [-0.2, 0) is 52.1 Å². The summed E-state index contributed by atoms with van der Waals surface area (Å²) in [5.74, 6) is 0. The summed E-state index contributed by atoms with van der Waals surface area (Å²) in [6.07, 6.45) is -50.2.